The van der Waals surface area contributed by atoms with Gasteiger partial charge >= 0.3 is 0 Å². The van der Waals surface area contributed by atoms with Crippen LogP contribution >= 0.6 is 11.3 Å². The number of ether oxygens (including phenoxy) is 1. The Kier molecular flexibility index (Phi) is 5.01. The normalized spacial score (nSPS) is 21.0. The van der Waals surface area contributed by atoms with E-state index in [0.29, 0.717) is 0 Å². The number of benzene rings is 1. The zero-order chi connectivity index (χ0) is 17.1. The van der Waals surface area contributed by atoms with Crippen LogP contribution in [0.5, 0.6) is 0 Å². The fourth-order valence-electron chi connectivity index (χ4n) is 3.48. The van der Waals surface area contributed by atoms with E-state index in [1.807, 2.05) is 35.2 Å². The molecule has 1 N–H and O–H groups in total. The van der Waals surface area contributed by atoms with Crippen molar-refractivity contribution in [2.24, 2.45) is 0 Å². The lowest BCUT2D eigenvalue weighted by Crippen LogP contribution is -2.44. The zero-order valence-corrected chi connectivity index (χ0v) is 15.0. The summed E-state index contributed by atoms with van der Waals surface area (Å²) in [5.41, 5.74) is 1.69. The molecule has 0 radical (unpaired) electrons. The molecular weight excluding hydrogens is 334 g/mol. The van der Waals surface area contributed by atoms with Gasteiger partial charge in [-0.25, -0.2) is 0 Å². The number of morpholine rings is 1. The van der Waals surface area contributed by atoms with E-state index in [1.54, 1.807) is 11.3 Å². The van der Waals surface area contributed by atoms with Crippen LogP contribution in [0, 0.1) is 0 Å². The molecule has 5 nitrogen and oxygen atoms in total. The molecule has 1 saturated heterocycles. The van der Waals surface area contributed by atoms with Gasteiger partial charge in [-0.15, -0.1) is 11.3 Å². The number of fused-ring (bicyclic) bond motifs is 1. The number of para-hydroxylation sites is 1. The smallest absolute Gasteiger partial charge is 0.257 e. The molecule has 1 atom stereocenters. The van der Waals surface area contributed by atoms with Crippen molar-refractivity contribution in [1.29, 1.82) is 0 Å². The van der Waals surface area contributed by atoms with Gasteiger partial charge in [-0.3, -0.25) is 9.69 Å². The number of amides is 1. The highest BCUT2D eigenvalue weighted by Crippen LogP contribution is 2.34. The Balaban J connectivity index is 1.49. The van der Waals surface area contributed by atoms with Gasteiger partial charge in [-0.05, 0) is 30.0 Å². The average molecular weight is 357 g/mol. The average Bonchev–Trinajstić information content (AvgIpc) is 3.19. The number of anilines is 1. The van der Waals surface area contributed by atoms with Crippen molar-refractivity contribution in [3.05, 3.63) is 52.2 Å². The third-order valence-electron chi connectivity index (χ3n) is 4.81. The molecule has 0 bridgehead atoms. The Hall–Kier alpha value is -1.89. The summed E-state index contributed by atoms with van der Waals surface area (Å²) in [5, 5.41) is 5.61. The van der Waals surface area contributed by atoms with Gasteiger partial charge in [0.25, 0.3) is 5.91 Å². The van der Waals surface area contributed by atoms with Crippen molar-refractivity contribution in [1.82, 2.24) is 9.80 Å². The van der Waals surface area contributed by atoms with Crippen molar-refractivity contribution < 1.29 is 9.53 Å². The first-order chi connectivity index (χ1) is 12.3. The minimum atomic E-state index is -0.0768. The molecule has 1 aromatic carbocycles. The zero-order valence-electron chi connectivity index (χ0n) is 14.2. The monoisotopic (exact) mass is 357 g/mol. The standard InChI is InChI=1S/C19H23N3O2S/c23-19-15-5-1-2-6-16(15)20-18(17-7-3-14-25-17)22(19)9-4-8-21-10-12-24-13-11-21/h1-3,5-7,14,18,20H,4,8-13H2. The largest absolute Gasteiger partial charge is 0.379 e. The van der Waals surface area contributed by atoms with E-state index in [1.165, 1.54) is 4.88 Å². The summed E-state index contributed by atoms with van der Waals surface area (Å²) in [6, 6.07) is 11.9. The number of carbonyl (C=O) groups is 1. The van der Waals surface area contributed by atoms with Gasteiger partial charge < -0.3 is 15.0 Å². The highest BCUT2D eigenvalue weighted by atomic mass is 32.1. The Morgan fingerprint density at radius 1 is 1.12 bits per heavy atom. The van der Waals surface area contributed by atoms with Gasteiger partial charge in [-0.2, -0.15) is 0 Å². The molecule has 1 unspecified atom stereocenters. The number of hydrogen-bond donors (Lipinski definition) is 1. The molecule has 25 heavy (non-hydrogen) atoms. The van der Waals surface area contributed by atoms with Gasteiger partial charge in [0.1, 0.15) is 6.17 Å². The fourth-order valence-corrected chi connectivity index (χ4v) is 4.27. The lowest BCUT2D eigenvalue weighted by atomic mass is 10.1. The molecule has 1 aromatic heterocycles. The van der Waals surface area contributed by atoms with Crippen LogP contribution in [0.4, 0.5) is 5.69 Å². The minimum absolute atomic E-state index is 0.0768. The number of thiophene rings is 1. The van der Waals surface area contributed by atoms with Crippen molar-refractivity contribution in [3.8, 4) is 0 Å². The second-order valence-corrected chi connectivity index (χ2v) is 7.39. The summed E-state index contributed by atoms with van der Waals surface area (Å²) >= 11 is 1.69. The molecule has 0 aliphatic carbocycles. The maximum atomic E-state index is 13.1. The lowest BCUT2D eigenvalue weighted by molar-refractivity contribution is 0.0348. The van der Waals surface area contributed by atoms with E-state index in [2.05, 4.69) is 21.7 Å². The van der Waals surface area contributed by atoms with Crippen LogP contribution in [0.1, 0.15) is 27.8 Å². The van der Waals surface area contributed by atoms with Crippen LogP contribution in [0.3, 0.4) is 0 Å². The summed E-state index contributed by atoms with van der Waals surface area (Å²) in [5.74, 6) is 0.120. The highest BCUT2D eigenvalue weighted by molar-refractivity contribution is 7.10. The van der Waals surface area contributed by atoms with Gasteiger partial charge in [0.15, 0.2) is 0 Å². The maximum Gasteiger partial charge on any atom is 0.257 e. The SMILES string of the molecule is O=C1c2ccccc2NC(c2cccs2)N1CCCN1CCOCC1. The highest BCUT2D eigenvalue weighted by Gasteiger charge is 2.32. The van der Waals surface area contributed by atoms with Gasteiger partial charge in [0.2, 0.25) is 0 Å². The molecule has 2 aliphatic heterocycles. The number of nitrogens with one attached hydrogen (secondary N) is 1. The van der Waals surface area contributed by atoms with Crippen LogP contribution in [0.15, 0.2) is 41.8 Å². The van der Waals surface area contributed by atoms with Gasteiger partial charge in [0.05, 0.1) is 18.8 Å². The van der Waals surface area contributed by atoms with Crippen molar-refractivity contribution in [2.75, 3.05) is 44.7 Å². The molecule has 1 fully saturated rings. The summed E-state index contributed by atoms with van der Waals surface area (Å²) in [7, 11) is 0. The van der Waals surface area contributed by atoms with Crippen molar-refractivity contribution in [3.63, 3.8) is 0 Å². The number of hydrogen-bond acceptors (Lipinski definition) is 5. The molecule has 6 heteroatoms. The summed E-state index contributed by atoms with van der Waals surface area (Å²) in [6.45, 7) is 5.36. The third-order valence-corrected chi connectivity index (χ3v) is 5.74. The maximum absolute atomic E-state index is 13.1. The van der Waals surface area contributed by atoms with Crippen LogP contribution in [-0.2, 0) is 4.74 Å². The van der Waals surface area contributed by atoms with Crippen molar-refractivity contribution in [2.45, 2.75) is 12.6 Å². The summed E-state index contributed by atoms with van der Waals surface area (Å²) in [6.07, 6.45) is 0.893. The van der Waals surface area contributed by atoms with E-state index in [9.17, 15) is 4.79 Å². The number of nitrogens with zero attached hydrogens (tertiary/aromatic N) is 2. The molecule has 0 saturated carbocycles. The second-order valence-electron chi connectivity index (χ2n) is 6.41. The fraction of sp³-hybridized carbons (Fsp3) is 0.421. The summed E-state index contributed by atoms with van der Waals surface area (Å²) in [4.78, 5) is 18.6. The molecule has 2 aromatic rings. The van der Waals surface area contributed by atoms with E-state index < -0.39 is 0 Å². The first-order valence-corrected chi connectivity index (χ1v) is 9.71. The molecule has 4 rings (SSSR count). The molecule has 2 aliphatic rings. The topological polar surface area (TPSA) is 44.8 Å². The minimum Gasteiger partial charge on any atom is -0.379 e. The van der Waals surface area contributed by atoms with Crippen LogP contribution < -0.4 is 5.32 Å². The third kappa shape index (κ3) is 3.56. The molecule has 132 valence electrons. The van der Waals surface area contributed by atoms with E-state index in [4.69, 9.17) is 4.74 Å². The van der Waals surface area contributed by atoms with Crippen molar-refractivity contribution >= 4 is 22.9 Å². The van der Waals surface area contributed by atoms with Gasteiger partial charge in [0, 0.05) is 36.7 Å². The Morgan fingerprint density at radius 2 is 1.96 bits per heavy atom. The first kappa shape index (κ1) is 16.6. The van der Waals surface area contributed by atoms with Gasteiger partial charge in [-0.1, -0.05) is 18.2 Å². The van der Waals surface area contributed by atoms with E-state index >= 15 is 0 Å². The number of carbonyl (C=O) groups excluding carboxylic acids is 1. The summed E-state index contributed by atoms with van der Waals surface area (Å²) < 4.78 is 5.40. The van der Waals surface area contributed by atoms with E-state index in [-0.39, 0.29) is 12.1 Å². The Morgan fingerprint density at radius 3 is 2.76 bits per heavy atom. The Bertz CT molecular complexity index is 713. The predicted molar refractivity (Wildman–Crippen MR) is 100 cm³/mol. The second kappa shape index (κ2) is 7.56. The van der Waals surface area contributed by atoms with Crippen LogP contribution in [0.2, 0.25) is 0 Å². The molecule has 3 heterocycles. The van der Waals surface area contributed by atoms with Crippen LogP contribution in [-0.4, -0.2) is 55.1 Å². The number of rotatable bonds is 5. The lowest BCUT2D eigenvalue weighted by Gasteiger charge is -2.38. The Labute approximate surface area is 152 Å². The quantitative estimate of drug-likeness (QED) is 0.893. The molecule has 1 amide bonds. The molecule has 0 spiro atoms. The van der Waals surface area contributed by atoms with Crippen LogP contribution in [0.25, 0.3) is 0 Å². The van der Waals surface area contributed by atoms with E-state index in [0.717, 1.165) is 57.1 Å². The first-order valence-electron chi connectivity index (χ1n) is 8.83. The molecular formula is C19H23N3O2S. The predicted octanol–water partition coefficient (Wildman–Crippen LogP) is 3.04.